The molecule has 29 heavy (non-hydrogen) atoms. The van der Waals surface area contributed by atoms with Gasteiger partial charge in [0.1, 0.15) is 16.5 Å². The van der Waals surface area contributed by atoms with E-state index in [1.165, 1.54) is 6.07 Å². The predicted molar refractivity (Wildman–Crippen MR) is 114 cm³/mol. The van der Waals surface area contributed by atoms with Crippen molar-refractivity contribution in [1.82, 2.24) is 0 Å². The van der Waals surface area contributed by atoms with Crippen molar-refractivity contribution in [2.75, 3.05) is 23.4 Å². The van der Waals surface area contributed by atoms with Crippen LogP contribution in [0.25, 0.3) is 0 Å². The Bertz CT molecular complexity index is 1060. The van der Waals surface area contributed by atoms with E-state index in [0.717, 1.165) is 0 Å². The normalized spacial score (nSPS) is 14.9. The highest BCUT2D eigenvalue weighted by atomic mass is 32.2. The Morgan fingerprint density at radius 2 is 1.93 bits per heavy atom. The van der Waals surface area contributed by atoms with E-state index < -0.39 is 15.9 Å². The van der Waals surface area contributed by atoms with Crippen LogP contribution >= 0.6 is 0 Å². The van der Waals surface area contributed by atoms with Crippen LogP contribution in [-0.2, 0) is 10.0 Å². The molecule has 0 aromatic heterocycles. The van der Waals surface area contributed by atoms with Gasteiger partial charge < -0.3 is 15.0 Å². The number of carbonyl (C=O) groups excluding carboxylic acids is 1. The molecule has 0 radical (unpaired) electrons. The van der Waals surface area contributed by atoms with Crippen molar-refractivity contribution in [3.05, 3.63) is 48.0 Å². The molecule has 0 saturated heterocycles. The molecule has 0 aliphatic carbocycles. The number of amides is 1. The van der Waals surface area contributed by atoms with Gasteiger partial charge in [-0.1, -0.05) is 26.0 Å². The van der Waals surface area contributed by atoms with Gasteiger partial charge in [0.15, 0.2) is 0 Å². The third kappa shape index (κ3) is 4.42. The van der Waals surface area contributed by atoms with Gasteiger partial charge in [0.25, 0.3) is 15.9 Å². The van der Waals surface area contributed by atoms with Crippen LogP contribution in [0.1, 0.15) is 38.1 Å². The highest BCUT2D eigenvalue weighted by Gasteiger charge is 2.30. The molecule has 8 heteroatoms. The molecule has 0 unspecified atom stereocenters. The lowest BCUT2D eigenvalue weighted by Crippen LogP contribution is -2.36. The minimum Gasteiger partial charge on any atom is -0.492 e. The number of para-hydroxylation sites is 2. The first-order chi connectivity index (χ1) is 13.7. The minimum atomic E-state index is -3.86. The van der Waals surface area contributed by atoms with Crippen molar-refractivity contribution in [2.24, 2.45) is 10.3 Å². The van der Waals surface area contributed by atoms with Crippen LogP contribution in [0.15, 0.2) is 51.8 Å². The lowest BCUT2D eigenvalue weighted by Gasteiger charge is -2.30. The van der Waals surface area contributed by atoms with E-state index in [1.807, 2.05) is 31.7 Å². The molecule has 2 aromatic rings. The van der Waals surface area contributed by atoms with Crippen molar-refractivity contribution in [2.45, 2.75) is 32.6 Å². The first-order valence-corrected chi connectivity index (χ1v) is 10.9. The standard InChI is InChI=1S/C21H25N3O4S/c1-5-28-19-9-7-6-8-17(19)22-21(25)16-10-11-18-20(12-16)29(26,27)23-15(4)24(18)13-14(2)3/h6-12,14H,5,13H2,1-4H3,(H,22,25). The molecule has 2 aromatic carbocycles. The monoisotopic (exact) mass is 415 g/mol. The Morgan fingerprint density at radius 3 is 2.62 bits per heavy atom. The fourth-order valence-electron chi connectivity index (χ4n) is 3.17. The number of ether oxygens (including phenoxy) is 1. The van der Waals surface area contributed by atoms with Crippen LogP contribution < -0.4 is 15.0 Å². The third-order valence-corrected chi connectivity index (χ3v) is 5.80. The van der Waals surface area contributed by atoms with Crippen LogP contribution in [0.4, 0.5) is 11.4 Å². The summed E-state index contributed by atoms with van der Waals surface area (Å²) in [5.41, 5.74) is 1.30. The zero-order valence-corrected chi connectivity index (χ0v) is 17.8. The van der Waals surface area contributed by atoms with Gasteiger partial charge in [0.2, 0.25) is 0 Å². The molecule has 1 amide bonds. The number of rotatable bonds is 6. The van der Waals surface area contributed by atoms with Crippen LogP contribution in [-0.4, -0.2) is 33.3 Å². The second-order valence-electron chi connectivity index (χ2n) is 7.18. The van der Waals surface area contributed by atoms with Crippen LogP contribution in [0, 0.1) is 5.92 Å². The van der Waals surface area contributed by atoms with E-state index >= 15 is 0 Å². The fraction of sp³-hybridized carbons (Fsp3) is 0.333. The number of hydrogen-bond acceptors (Lipinski definition) is 5. The second-order valence-corrected chi connectivity index (χ2v) is 8.76. The topological polar surface area (TPSA) is 88.1 Å². The largest absolute Gasteiger partial charge is 0.492 e. The second kappa shape index (κ2) is 8.24. The van der Waals surface area contributed by atoms with Gasteiger partial charge in [-0.25, -0.2) is 0 Å². The van der Waals surface area contributed by atoms with Gasteiger partial charge in [-0.05, 0) is 50.1 Å². The Morgan fingerprint density at radius 1 is 1.21 bits per heavy atom. The molecular weight excluding hydrogens is 390 g/mol. The summed E-state index contributed by atoms with van der Waals surface area (Å²) in [6, 6.07) is 11.8. The zero-order valence-electron chi connectivity index (χ0n) is 17.0. The number of sulfonamides is 1. The van der Waals surface area contributed by atoms with E-state index in [9.17, 15) is 13.2 Å². The van der Waals surface area contributed by atoms with Gasteiger partial charge in [0, 0.05) is 12.1 Å². The summed E-state index contributed by atoms with van der Waals surface area (Å²) in [5.74, 6) is 0.870. The van der Waals surface area contributed by atoms with Gasteiger partial charge in [-0.3, -0.25) is 4.79 Å². The summed E-state index contributed by atoms with van der Waals surface area (Å²) in [7, 11) is -3.86. The fourth-order valence-corrected chi connectivity index (χ4v) is 4.44. The number of carbonyl (C=O) groups is 1. The summed E-state index contributed by atoms with van der Waals surface area (Å²) in [5, 5.41) is 2.79. The highest BCUT2D eigenvalue weighted by Crippen LogP contribution is 2.33. The predicted octanol–water partition coefficient (Wildman–Crippen LogP) is 3.92. The molecule has 1 aliphatic heterocycles. The smallest absolute Gasteiger partial charge is 0.286 e. The van der Waals surface area contributed by atoms with E-state index in [0.29, 0.717) is 42.0 Å². The maximum atomic E-state index is 12.8. The summed E-state index contributed by atoms with van der Waals surface area (Å²) < 4.78 is 34.6. The number of nitrogens with one attached hydrogen (secondary N) is 1. The summed E-state index contributed by atoms with van der Waals surface area (Å²) in [6.07, 6.45) is 0. The van der Waals surface area contributed by atoms with Crippen molar-refractivity contribution in [1.29, 1.82) is 0 Å². The zero-order chi connectivity index (χ0) is 21.2. The minimum absolute atomic E-state index is 0.0366. The lowest BCUT2D eigenvalue weighted by molar-refractivity contribution is 0.102. The summed E-state index contributed by atoms with van der Waals surface area (Å²) >= 11 is 0. The number of anilines is 2. The van der Waals surface area contributed by atoms with Crippen LogP contribution in [0.5, 0.6) is 5.75 Å². The molecule has 0 spiro atoms. The quantitative estimate of drug-likeness (QED) is 0.773. The van der Waals surface area contributed by atoms with E-state index in [-0.39, 0.29) is 10.5 Å². The van der Waals surface area contributed by atoms with Gasteiger partial charge in [-0.2, -0.15) is 8.42 Å². The van der Waals surface area contributed by atoms with Crippen LogP contribution in [0.2, 0.25) is 0 Å². The Hall–Kier alpha value is -2.87. The van der Waals surface area contributed by atoms with E-state index in [2.05, 4.69) is 9.71 Å². The van der Waals surface area contributed by atoms with E-state index in [4.69, 9.17) is 4.74 Å². The summed E-state index contributed by atoms with van der Waals surface area (Å²) in [6.45, 7) is 8.73. The molecule has 3 rings (SSSR count). The SMILES string of the molecule is CCOc1ccccc1NC(=O)c1ccc2c(c1)S(=O)(=O)N=C(C)N2CC(C)C. The number of nitrogens with zero attached hydrogens (tertiary/aromatic N) is 2. The molecule has 0 bridgehead atoms. The van der Waals surface area contributed by atoms with Gasteiger partial charge in [-0.15, -0.1) is 4.40 Å². The average Bonchev–Trinajstić information content (AvgIpc) is 2.66. The van der Waals surface area contributed by atoms with Crippen LogP contribution in [0.3, 0.4) is 0 Å². The van der Waals surface area contributed by atoms with E-state index in [1.54, 1.807) is 37.3 Å². The molecule has 7 nitrogen and oxygen atoms in total. The number of benzene rings is 2. The Balaban J connectivity index is 1.96. The lowest BCUT2D eigenvalue weighted by atomic mass is 10.1. The molecule has 0 saturated carbocycles. The molecular formula is C21H25N3O4S. The third-order valence-electron chi connectivity index (χ3n) is 4.42. The summed E-state index contributed by atoms with van der Waals surface area (Å²) in [4.78, 5) is 14.7. The molecule has 0 atom stereocenters. The maximum Gasteiger partial charge on any atom is 0.286 e. The van der Waals surface area contributed by atoms with Crippen molar-refractivity contribution in [3.8, 4) is 5.75 Å². The first kappa shape index (κ1) is 20.9. The highest BCUT2D eigenvalue weighted by molar-refractivity contribution is 7.90. The molecule has 0 fully saturated rings. The number of hydrogen-bond donors (Lipinski definition) is 1. The molecule has 1 N–H and O–H groups in total. The first-order valence-electron chi connectivity index (χ1n) is 9.49. The van der Waals surface area contributed by atoms with Gasteiger partial charge >= 0.3 is 0 Å². The maximum absolute atomic E-state index is 12.8. The Labute approximate surface area is 171 Å². The number of fused-ring (bicyclic) bond motifs is 1. The number of amidine groups is 1. The molecule has 1 heterocycles. The van der Waals surface area contributed by atoms with Crippen molar-refractivity contribution < 1.29 is 17.9 Å². The van der Waals surface area contributed by atoms with Crippen molar-refractivity contribution in [3.63, 3.8) is 0 Å². The molecule has 154 valence electrons. The molecule has 1 aliphatic rings. The van der Waals surface area contributed by atoms with Crippen molar-refractivity contribution >= 4 is 33.1 Å². The van der Waals surface area contributed by atoms with Gasteiger partial charge in [0.05, 0.1) is 18.0 Å². The Kier molecular flexibility index (Phi) is 5.93. The average molecular weight is 416 g/mol.